The summed E-state index contributed by atoms with van der Waals surface area (Å²) in [6.45, 7) is 6.56. The largest absolute Gasteiger partial charge is 0.391 e. The summed E-state index contributed by atoms with van der Waals surface area (Å²) < 4.78 is 37.7. The first-order valence-corrected chi connectivity index (χ1v) is 7.51. The zero-order valence-corrected chi connectivity index (χ0v) is 11.7. The van der Waals surface area contributed by atoms with Gasteiger partial charge < -0.3 is 10.2 Å². The molecule has 1 N–H and O–H groups in total. The van der Waals surface area contributed by atoms with E-state index in [1.165, 1.54) is 13.0 Å². The minimum atomic E-state index is -3.99. The molecule has 0 spiro atoms. The third-order valence-corrected chi connectivity index (χ3v) is 4.70. The van der Waals surface area contributed by atoms with E-state index < -0.39 is 12.1 Å². The lowest BCUT2D eigenvalue weighted by Gasteiger charge is -2.31. The molecule has 0 aromatic rings. The minimum absolute atomic E-state index is 0.299. The van der Waals surface area contributed by atoms with Gasteiger partial charge in [0, 0.05) is 12.6 Å². The summed E-state index contributed by atoms with van der Waals surface area (Å²) in [7, 11) is 0. The number of hydrogen-bond acceptors (Lipinski definition) is 2. The normalized spacial score (nSPS) is 33.8. The van der Waals surface area contributed by atoms with Crippen molar-refractivity contribution in [3.63, 3.8) is 0 Å². The third-order valence-electron chi connectivity index (χ3n) is 4.70. The van der Waals surface area contributed by atoms with Gasteiger partial charge >= 0.3 is 6.18 Å². The molecule has 2 rings (SSSR count). The first kappa shape index (κ1) is 15.1. The van der Waals surface area contributed by atoms with Crippen LogP contribution in [0.1, 0.15) is 39.0 Å². The van der Waals surface area contributed by atoms with Gasteiger partial charge in [0.1, 0.15) is 0 Å². The van der Waals surface area contributed by atoms with Crippen LogP contribution >= 0.6 is 0 Å². The molecule has 2 nitrogen and oxygen atoms in total. The molecule has 1 aliphatic heterocycles. The summed E-state index contributed by atoms with van der Waals surface area (Å²) in [6.07, 6.45) is -0.820. The van der Waals surface area contributed by atoms with Gasteiger partial charge in [0.2, 0.25) is 0 Å². The molecule has 0 aromatic heterocycles. The van der Waals surface area contributed by atoms with Crippen molar-refractivity contribution in [1.29, 1.82) is 0 Å². The smallest absolute Gasteiger partial charge is 0.314 e. The highest BCUT2D eigenvalue weighted by Crippen LogP contribution is 2.37. The molecule has 0 radical (unpaired) electrons. The first-order chi connectivity index (χ1) is 8.99. The fourth-order valence-corrected chi connectivity index (χ4v) is 3.32. The fraction of sp³-hybridized carbons (Fsp3) is 1.00. The number of rotatable bonds is 4. The van der Waals surface area contributed by atoms with Crippen LogP contribution in [0.2, 0.25) is 0 Å². The molecule has 0 bridgehead atoms. The number of likely N-dealkylation sites (tertiary alicyclic amines) is 1. The van der Waals surface area contributed by atoms with E-state index in [9.17, 15) is 13.2 Å². The van der Waals surface area contributed by atoms with E-state index in [1.54, 1.807) is 0 Å². The third kappa shape index (κ3) is 4.35. The Morgan fingerprint density at radius 3 is 2.32 bits per heavy atom. The molecule has 5 heteroatoms. The van der Waals surface area contributed by atoms with Gasteiger partial charge in [0.25, 0.3) is 0 Å². The Morgan fingerprint density at radius 2 is 1.79 bits per heavy atom. The van der Waals surface area contributed by atoms with Crippen LogP contribution in [0.15, 0.2) is 0 Å². The van der Waals surface area contributed by atoms with E-state index in [1.807, 2.05) is 0 Å². The van der Waals surface area contributed by atoms with Crippen molar-refractivity contribution in [2.24, 2.45) is 11.8 Å². The van der Waals surface area contributed by atoms with Gasteiger partial charge in [-0.3, -0.25) is 0 Å². The Bertz CT molecular complexity index is 272. The predicted octanol–water partition coefficient (Wildman–Crippen LogP) is 3.04. The van der Waals surface area contributed by atoms with Crippen LogP contribution in [-0.2, 0) is 0 Å². The molecule has 1 unspecified atom stereocenters. The van der Waals surface area contributed by atoms with Crippen LogP contribution in [0.5, 0.6) is 0 Å². The Labute approximate surface area is 113 Å². The van der Waals surface area contributed by atoms with Crippen molar-refractivity contribution < 1.29 is 13.2 Å². The van der Waals surface area contributed by atoms with Crippen LogP contribution in [0, 0.1) is 11.8 Å². The number of nitrogens with one attached hydrogen (secondary N) is 1. The molecule has 1 saturated carbocycles. The number of alkyl halides is 3. The summed E-state index contributed by atoms with van der Waals surface area (Å²) in [5, 5.41) is 3.49. The highest BCUT2D eigenvalue weighted by molar-refractivity contribution is 4.83. The molecule has 1 heterocycles. The maximum Gasteiger partial charge on any atom is 0.391 e. The summed E-state index contributed by atoms with van der Waals surface area (Å²) >= 11 is 0. The van der Waals surface area contributed by atoms with Gasteiger partial charge in [0.15, 0.2) is 0 Å². The van der Waals surface area contributed by atoms with Gasteiger partial charge in [-0.05, 0) is 57.7 Å². The van der Waals surface area contributed by atoms with Crippen LogP contribution in [0.25, 0.3) is 0 Å². The Kier molecular flexibility index (Phi) is 5.12. The number of halogens is 3. The first-order valence-electron chi connectivity index (χ1n) is 7.51. The van der Waals surface area contributed by atoms with Gasteiger partial charge in [-0.15, -0.1) is 0 Å². The zero-order valence-electron chi connectivity index (χ0n) is 11.7. The van der Waals surface area contributed by atoms with Crippen molar-refractivity contribution >= 4 is 0 Å². The fourth-order valence-electron chi connectivity index (χ4n) is 3.32. The van der Waals surface area contributed by atoms with Crippen molar-refractivity contribution in [2.75, 3.05) is 26.2 Å². The highest BCUT2D eigenvalue weighted by atomic mass is 19.4. The van der Waals surface area contributed by atoms with E-state index >= 15 is 0 Å². The van der Waals surface area contributed by atoms with E-state index in [2.05, 4.69) is 17.1 Å². The van der Waals surface area contributed by atoms with Crippen molar-refractivity contribution in [3.05, 3.63) is 0 Å². The minimum Gasteiger partial charge on any atom is -0.314 e. The monoisotopic (exact) mass is 278 g/mol. The second-order valence-corrected chi connectivity index (χ2v) is 6.05. The van der Waals surface area contributed by atoms with Crippen molar-refractivity contribution in [2.45, 2.75) is 51.2 Å². The standard InChI is InChI=1S/C14H25F3N2/c1-2-19-8-7-11(10-19)9-18-13-5-3-12(4-6-13)14(15,16)17/h11-13,18H,2-10H2,1H3. The Hall–Kier alpha value is -0.290. The van der Waals surface area contributed by atoms with Gasteiger partial charge in [-0.1, -0.05) is 6.92 Å². The van der Waals surface area contributed by atoms with Crippen LogP contribution < -0.4 is 5.32 Å². The molecule has 1 saturated heterocycles. The summed E-state index contributed by atoms with van der Waals surface area (Å²) in [4.78, 5) is 2.44. The average molecular weight is 278 g/mol. The molecule has 2 fully saturated rings. The predicted molar refractivity (Wildman–Crippen MR) is 70.0 cm³/mol. The van der Waals surface area contributed by atoms with Gasteiger partial charge in [0.05, 0.1) is 5.92 Å². The Balaban J connectivity index is 1.64. The molecule has 0 amide bonds. The number of hydrogen-bond donors (Lipinski definition) is 1. The average Bonchev–Trinajstić information content (AvgIpc) is 2.84. The lowest BCUT2D eigenvalue weighted by atomic mass is 9.85. The molecule has 112 valence electrons. The SMILES string of the molecule is CCN1CCC(CNC2CCC(C(F)(F)F)CC2)C1. The van der Waals surface area contributed by atoms with E-state index in [0.717, 1.165) is 19.6 Å². The Morgan fingerprint density at radius 1 is 1.11 bits per heavy atom. The van der Waals surface area contributed by atoms with Crippen molar-refractivity contribution in [1.82, 2.24) is 10.2 Å². The molecule has 2 aliphatic rings. The van der Waals surface area contributed by atoms with Crippen LogP contribution in [0.3, 0.4) is 0 Å². The van der Waals surface area contributed by atoms with E-state index in [4.69, 9.17) is 0 Å². The molecule has 1 atom stereocenters. The molecular weight excluding hydrogens is 253 g/mol. The van der Waals surface area contributed by atoms with Gasteiger partial charge in [-0.2, -0.15) is 13.2 Å². The lowest BCUT2D eigenvalue weighted by molar-refractivity contribution is -0.182. The molecule has 1 aliphatic carbocycles. The summed E-state index contributed by atoms with van der Waals surface area (Å²) in [5.41, 5.74) is 0. The number of nitrogens with zero attached hydrogens (tertiary/aromatic N) is 1. The maximum absolute atomic E-state index is 12.6. The second kappa shape index (κ2) is 6.44. The molecular formula is C14H25F3N2. The zero-order chi connectivity index (χ0) is 13.9. The van der Waals surface area contributed by atoms with E-state index in [0.29, 0.717) is 37.6 Å². The maximum atomic E-state index is 12.6. The van der Waals surface area contributed by atoms with Crippen LogP contribution in [0.4, 0.5) is 13.2 Å². The quantitative estimate of drug-likeness (QED) is 0.850. The van der Waals surface area contributed by atoms with Gasteiger partial charge in [-0.25, -0.2) is 0 Å². The molecule has 0 aromatic carbocycles. The van der Waals surface area contributed by atoms with E-state index in [-0.39, 0.29) is 0 Å². The summed E-state index contributed by atoms with van der Waals surface area (Å²) in [5.74, 6) is -0.382. The molecule has 19 heavy (non-hydrogen) atoms. The summed E-state index contributed by atoms with van der Waals surface area (Å²) in [6, 6.07) is 0.300. The topological polar surface area (TPSA) is 15.3 Å². The highest BCUT2D eigenvalue weighted by Gasteiger charge is 2.41. The second-order valence-electron chi connectivity index (χ2n) is 6.05. The van der Waals surface area contributed by atoms with Crippen LogP contribution in [-0.4, -0.2) is 43.3 Å². The lowest BCUT2D eigenvalue weighted by Crippen LogP contribution is -2.39. The van der Waals surface area contributed by atoms with Crippen molar-refractivity contribution in [3.8, 4) is 0 Å².